The first-order chi connectivity index (χ1) is 23.2. The van der Waals surface area contributed by atoms with Gasteiger partial charge in [0.2, 0.25) is 11.8 Å². The van der Waals surface area contributed by atoms with Gasteiger partial charge in [0.25, 0.3) is 0 Å². The van der Waals surface area contributed by atoms with Crippen LogP contribution < -0.4 is 21.3 Å². The highest BCUT2D eigenvalue weighted by Gasteiger charge is 2.32. The Labute approximate surface area is 281 Å². The number of hydrogen-bond acceptors (Lipinski definition) is 7. The Hall–Kier alpha value is -5.16. The molecule has 3 aromatic rings. The van der Waals surface area contributed by atoms with Crippen molar-refractivity contribution in [2.75, 3.05) is 25.1 Å². The van der Waals surface area contributed by atoms with Gasteiger partial charge in [-0.05, 0) is 65.1 Å². The van der Waals surface area contributed by atoms with E-state index in [-0.39, 0.29) is 38.1 Å². The molecule has 3 aromatic carbocycles. The topological polar surface area (TPSA) is 155 Å². The van der Waals surface area contributed by atoms with Gasteiger partial charge in [-0.3, -0.25) is 9.59 Å². The number of aliphatic hydroxyl groups is 1. The van der Waals surface area contributed by atoms with E-state index in [1.54, 1.807) is 38.1 Å². The Morgan fingerprint density at radius 1 is 0.833 bits per heavy atom. The fourth-order valence-electron chi connectivity index (χ4n) is 5.60. The zero-order chi connectivity index (χ0) is 34.5. The lowest BCUT2D eigenvalue weighted by Gasteiger charge is -2.25. The summed E-state index contributed by atoms with van der Waals surface area (Å²) in [5.41, 5.74) is 5.57. The van der Waals surface area contributed by atoms with Crippen molar-refractivity contribution in [1.29, 1.82) is 0 Å². The number of nitrogens with one attached hydrogen (secondary N) is 4. The molecule has 4 amide bonds. The van der Waals surface area contributed by atoms with E-state index in [9.17, 15) is 24.3 Å². The molecule has 1 aliphatic carbocycles. The minimum absolute atomic E-state index is 0.0977. The predicted octanol–water partition coefficient (Wildman–Crippen LogP) is 5.25. The van der Waals surface area contributed by atoms with Crippen LogP contribution in [0.15, 0.2) is 85.5 Å². The molecule has 0 aromatic heterocycles. The van der Waals surface area contributed by atoms with Crippen molar-refractivity contribution in [2.45, 2.75) is 57.7 Å². The molecule has 0 radical (unpaired) electrons. The van der Waals surface area contributed by atoms with Gasteiger partial charge in [-0.15, -0.1) is 0 Å². The Bertz CT molecular complexity index is 1530. The number of benzene rings is 3. The second kappa shape index (κ2) is 17.7. The van der Waals surface area contributed by atoms with E-state index in [0.29, 0.717) is 30.6 Å². The number of alkyl carbamates (subject to hydrolysis) is 2. The molecular weight excluding hydrogens is 612 g/mol. The van der Waals surface area contributed by atoms with Crippen LogP contribution in [0.4, 0.5) is 15.3 Å². The third kappa shape index (κ3) is 9.68. The van der Waals surface area contributed by atoms with Crippen molar-refractivity contribution in [3.05, 3.63) is 102 Å². The third-order valence-electron chi connectivity index (χ3n) is 8.12. The first-order valence-corrected chi connectivity index (χ1v) is 16.2. The van der Waals surface area contributed by atoms with Crippen LogP contribution in [0.25, 0.3) is 11.1 Å². The summed E-state index contributed by atoms with van der Waals surface area (Å²) in [4.78, 5) is 51.7. The van der Waals surface area contributed by atoms with Crippen molar-refractivity contribution < 1.29 is 33.8 Å². The number of hydrogen-bond donors (Lipinski definition) is 5. The number of carbonyl (C=O) groups is 4. The highest BCUT2D eigenvalue weighted by Crippen LogP contribution is 2.44. The van der Waals surface area contributed by atoms with E-state index in [1.807, 2.05) is 36.4 Å². The largest absolute Gasteiger partial charge is 0.449 e. The Balaban J connectivity index is 1.37. The van der Waals surface area contributed by atoms with Crippen molar-refractivity contribution in [1.82, 2.24) is 16.0 Å². The molecule has 0 bridgehead atoms. The molecule has 2 atom stereocenters. The maximum absolute atomic E-state index is 13.6. The van der Waals surface area contributed by atoms with Crippen LogP contribution in [0.2, 0.25) is 0 Å². The van der Waals surface area contributed by atoms with Gasteiger partial charge in [-0.1, -0.05) is 87.2 Å². The van der Waals surface area contributed by atoms with Crippen LogP contribution in [-0.2, 0) is 25.7 Å². The predicted molar refractivity (Wildman–Crippen MR) is 183 cm³/mol. The number of fused-ring (bicyclic) bond motifs is 3. The Kier molecular flexibility index (Phi) is 13.1. The van der Waals surface area contributed by atoms with Gasteiger partial charge in [-0.2, -0.15) is 0 Å². The quantitative estimate of drug-likeness (QED) is 0.104. The first kappa shape index (κ1) is 35.7. The smallest absolute Gasteiger partial charge is 0.407 e. The Morgan fingerprint density at radius 2 is 1.48 bits per heavy atom. The SMILES string of the molecule is C=CCOC(=O)NCCCC[C@H](NC(=O)[C@@H](NC(=O)OCC1c2ccccc2-c2ccccc21)C(C)C)C(=O)Nc1ccc(CO)cc1. The number of rotatable bonds is 16. The monoisotopic (exact) mass is 656 g/mol. The second-order valence-corrected chi connectivity index (χ2v) is 11.9. The average molecular weight is 657 g/mol. The first-order valence-electron chi connectivity index (χ1n) is 16.2. The minimum Gasteiger partial charge on any atom is -0.449 e. The lowest BCUT2D eigenvalue weighted by molar-refractivity contribution is -0.128. The van der Waals surface area contributed by atoms with Gasteiger partial charge in [0, 0.05) is 18.2 Å². The van der Waals surface area contributed by atoms with Crippen molar-refractivity contribution in [3.8, 4) is 11.1 Å². The molecule has 0 aliphatic heterocycles. The molecule has 0 spiro atoms. The van der Waals surface area contributed by atoms with Gasteiger partial charge < -0.3 is 35.8 Å². The molecular formula is C37H44N4O7. The van der Waals surface area contributed by atoms with E-state index in [0.717, 1.165) is 22.3 Å². The van der Waals surface area contributed by atoms with Gasteiger partial charge >= 0.3 is 12.2 Å². The fourth-order valence-corrected chi connectivity index (χ4v) is 5.60. The third-order valence-corrected chi connectivity index (χ3v) is 8.12. The normalized spacial score (nSPS) is 13.0. The molecule has 0 saturated heterocycles. The molecule has 0 unspecified atom stereocenters. The van der Waals surface area contributed by atoms with Gasteiger partial charge in [-0.25, -0.2) is 9.59 Å². The summed E-state index contributed by atoms with van der Waals surface area (Å²) in [6.07, 6.45) is 1.46. The molecule has 48 heavy (non-hydrogen) atoms. The lowest BCUT2D eigenvalue weighted by Crippen LogP contribution is -2.54. The van der Waals surface area contributed by atoms with Gasteiger partial charge in [0.1, 0.15) is 25.3 Å². The molecule has 4 rings (SSSR count). The summed E-state index contributed by atoms with van der Waals surface area (Å²) in [6, 6.07) is 20.9. The van der Waals surface area contributed by atoms with Crippen LogP contribution in [0.3, 0.4) is 0 Å². The van der Waals surface area contributed by atoms with Crippen molar-refractivity contribution in [2.24, 2.45) is 5.92 Å². The zero-order valence-corrected chi connectivity index (χ0v) is 27.4. The molecule has 254 valence electrons. The van der Waals surface area contributed by atoms with E-state index >= 15 is 0 Å². The summed E-state index contributed by atoms with van der Waals surface area (Å²) < 4.78 is 10.6. The molecule has 11 heteroatoms. The van der Waals surface area contributed by atoms with Crippen LogP contribution in [-0.4, -0.2) is 60.9 Å². The van der Waals surface area contributed by atoms with Crippen LogP contribution in [0.1, 0.15) is 55.7 Å². The Morgan fingerprint density at radius 3 is 2.08 bits per heavy atom. The molecule has 0 saturated carbocycles. The number of carbonyl (C=O) groups excluding carboxylic acids is 4. The van der Waals surface area contributed by atoms with Crippen LogP contribution >= 0.6 is 0 Å². The molecule has 1 aliphatic rings. The summed E-state index contributed by atoms with van der Waals surface area (Å²) in [7, 11) is 0. The summed E-state index contributed by atoms with van der Waals surface area (Å²) in [6.45, 7) is 7.48. The van der Waals surface area contributed by atoms with Gasteiger partial charge in [0.15, 0.2) is 0 Å². The number of unbranched alkanes of at least 4 members (excludes halogenated alkanes) is 1. The van der Waals surface area contributed by atoms with E-state index in [4.69, 9.17) is 9.47 Å². The van der Waals surface area contributed by atoms with Crippen molar-refractivity contribution >= 4 is 29.7 Å². The number of anilines is 1. The lowest BCUT2D eigenvalue weighted by atomic mass is 9.98. The average Bonchev–Trinajstić information content (AvgIpc) is 3.41. The minimum atomic E-state index is -0.971. The van der Waals surface area contributed by atoms with E-state index in [1.165, 1.54) is 6.08 Å². The number of amides is 4. The fraction of sp³-hybridized carbons (Fsp3) is 0.351. The molecule has 11 nitrogen and oxygen atoms in total. The van der Waals surface area contributed by atoms with Gasteiger partial charge in [0.05, 0.1) is 6.61 Å². The summed E-state index contributed by atoms with van der Waals surface area (Å²) in [5, 5.41) is 20.3. The van der Waals surface area contributed by atoms with Crippen molar-refractivity contribution in [3.63, 3.8) is 0 Å². The van der Waals surface area contributed by atoms with E-state index in [2.05, 4.69) is 40.0 Å². The zero-order valence-electron chi connectivity index (χ0n) is 27.4. The van der Waals surface area contributed by atoms with Crippen LogP contribution in [0.5, 0.6) is 0 Å². The molecule has 5 N–H and O–H groups in total. The number of aliphatic hydroxyl groups excluding tert-OH is 1. The summed E-state index contributed by atoms with van der Waals surface area (Å²) >= 11 is 0. The molecule has 0 heterocycles. The summed E-state index contributed by atoms with van der Waals surface area (Å²) in [5.74, 6) is -1.42. The van der Waals surface area contributed by atoms with E-state index < -0.39 is 36.1 Å². The highest BCUT2D eigenvalue weighted by atomic mass is 16.6. The maximum Gasteiger partial charge on any atom is 0.407 e. The maximum atomic E-state index is 13.6. The second-order valence-electron chi connectivity index (χ2n) is 11.9. The highest BCUT2D eigenvalue weighted by molar-refractivity contribution is 5.98. The van der Waals surface area contributed by atoms with Crippen LogP contribution in [0, 0.1) is 5.92 Å². The standard InChI is InChI=1S/C37H44N4O7/c1-4-21-47-36(45)38-20-10-9-15-32(34(43)39-26-18-16-25(22-42)17-19-26)40-35(44)33(24(2)3)41-37(46)48-23-31-29-13-7-5-11-27(29)28-12-6-8-14-30(28)31/h4-8,11-14,16-19,24,31-33,42H,1,9-10,15,20-23H2,2-3H3,(H,38,45)(H,39,43)(H,40,44)(H,41,46)/t32-,33-/m0/s1. The number of ether oxygens (including phenoxy) is 2. The molecule has 0 fully saturated rings.